The zero-order valence-corrected chi connectivity index (χ0v) is 17.4. The Morgan fingerprint density at radius 3 is 2.48 bits per heavy atom. The molecule has 2 saturated heterocycles. The van der Waals surface area contributed by atoms with Crippen molar-refractivity contribution in [1.82, 2.24) is 15.8 Å². The number of carbonyl (C=O) groups is 1. The van der Waals surface area contributed by atoms with Gasteiger partial charge in [-0.1, -0.05) is 35.9 Å². The van der Waals surface area contributed by atoms with E-state index in [1.807, 2.05) is 48.2 Å². The summed E-state index contributed by atoms with van der Waals surface area (Å²) in [5.41, 5.74) is 8.65. The lowest BCUT2D eigenvalue weighted by atomic mass is 10.0. The van der Waals surface area contributed by atoms with E-state index in [1.165, 1.54) is 0 Å². The third-order valence-corrected chi connectivity index (χ3v) is 5.90. The van der Waals surface area contributed by atoms with E-state index in [1.54, 1.807) is 0 Å². The summed E-state index contributed by atoms with van der Waals surface area (Å²) in [5, 5.41) is 0.757. The number of halogens is 1. The second-order valence-electron chi connectivity index (χ2n) is 7.40. The van der Waals surface area contributed by atoms with Gasteiger partial charge in [0.2, 0.25) is 5.91 Å². The summed E-state index contributed by atoms with van der Waals surface area (Å²) in [6.07, 6.45) is 0.734. The average molecular weight is 415 g/mol. The predicted octanol–water partition coefficient (Wildman–Crippen LogP) is 3.00. The van der Waals surface area contributed by atoms with E-state index in [9.17, 15) is 4.79 Å². The van der Waals surface area contributed by atoms with Gasteiger partial charge in [-0.25, -0.2) is 10.9 Å². The molecule has 29 heavy (non-hydrogen) atoms. The monoisotopic (exact) mass is 414 g/mol. The van der Waals surface area contributed by atoms with Crippen molar-refractivity contribution < 1.29 is 9.53 Å². The summed E-state index contributed by atoms with van der Waals surface area (Å²) in [4.78, 5) is 17.2. The van der Waals surface area contributed by atoms with Crippen LogP contribution in [0.5, 0.6) is 5.75 Å². The number of anilines is 1. The van der Waals surface area contributed by atoms with E-state index in [0.717, 1.165) is 41.5 Å². The van der Waals surface area contributed by atoms with Crippen molar-refractivity contribution in [3.05, 3.63) is 59.1 Å². The largest absolute Gasteiger partial charge is 0.494 e. The molecule has 6 nitrogen and oxygen atoms in total. The summed E-state index contributed by atoms with van der Waals surface area (Å²) >= 11 is 6.31. The van der Waals surface area contributed by atoms with Gasteiger partial charge in [-0.2, -0.15) is 0 Å². The van der Waals surface area contributed by atoms with Crippen molar-refractivity contribution in [3.8, 4) is 5.75 Å². The van der Waals surface area contributed by atoms with E-state index >= 15 is 0 Å². The van der Waals surface area contributed by atoms with Crippen LogP contribution in [-0.4, -0.2) is 49.6 Å². The maximum Gasteiger partial charge on any atom is 0.241 e. The molecule has 2 unspecified atom stereocenters. The number of piperazine rings is 1. The molecule has 7 heteroatoms. The van der Waals surface area contributed by atoms with Crippen LogP contribution in [0.2, 0.25) is 5.02 Å². The van der Waals surface area contributed by atoms with Crippen molar-refractivity contribution in [3.63, 3.8) is 0 Å². The number of hydrogen-bond donors (Lipinski definition) is 2. The molecule has 2 atom stereocenters. The highest BCUT2D eigenvalue weighted by atomic mass is 35.5. The van der Waals surface area contributed by atoms with E-state index in [2.05, 4.69) is 27.9 Å². The third-order valence-electron chi connectivity index (χ3n) is 5.58. The molecule has 4 rings (SSSR count). The lowest BCUT2D eigenvalue weighted by Crippen LogP contribution is -2.53. The van der Waals surface area contributed by atoms with Gasteiger partial charge in [0, 0.05) is 32.2 Å². The van der Waals surface area contributed by atoms with Crippen LogP contribution in [0.1, 0.15) is 24.9 Å². The van der Waals surface area contributed by atoms with Crippen LogP contribution in [-0.2, 0) is 4.79 Å². The minimum absolute atomic E-state index is 0.115. The third kappa shape index (κ3) is 4.50. The molecule has 0 bridgehead atoms. The molecule has 1 amide bonds. The van der Waals surface area contributed by atoms with Crippen LogP contribution in [0, 0.1) is 0 Å². The van der Waals surface area contributed by atoms with Crippen LogP contribution in [0.15, 0.2) is 48.5 Å². The molecule has 0 aliphatic carbocycles. The van der Waals surface area contributed by atoms with Gasteiger partial charge in [-0.15, -0.1) is 0 Å². The fourth-order valence-corrected chi connectivity index (χ4v) is 4.25. The van der Waals surface area contributed by atoms with Gasteiger partial charge in [-0.3, -0.25) is 4.79 Å². The summed E-state index contributed by atoms with van der Waals surface area (Å²) in [6, 6.07) is 15.8. The number of carbonyl (C=O) groups excluding carboxylic acids is 1. The van der Waals surface area contributed by atoms with Gasteiger partial charge < -0.3 is 14.5 Å². The number of hydrazine groups is 1. The van der Waals surface area contributed by atoms with Crippen LogP contribution >= 0.6 is 11.6 Å². The Morgan fingerprint density at radius 2 is 1.79 bits per heavy atom. The Morgan fingerprint density at radius 1 is 1.07 bits per heavy atom. The molecule has 2 N–H and O–H groups in total. The number of hydrogen-bond acceptors (Lipinski definition) is 5. The Hall–Kier alpha value is -2.28. The molecule has 0 aromatic heterocycles. The molecule has 154 valence electrons. The number of nitrogens with zero attached hydrogens (tertiary/aromatic N) is 2. The fraction of sp³-hybridized carbons (Fsp3) is 0.409. The molecule has 0 saturated carbocycles. The summed E-state index contributed by atoms with van der Waals surface area (Å²) in [5.74, 6) is 1.02. The van der Waals surface area contributed by atoms with Crippen molar-refractivity contribution in [1.29, 1.82) is 0 Å². The van der Waals surface area contributed by atoms with Crippen molar-refractivity contribution in [2.24, 2.45) is 0 Å². The molecule has 2 aromatic carbocycles. The molecule has 2 aromatic rings. The fourth-order valence-electron chi connectivity index (χ4n) is 4.00. The Bertz CT molecular complexity index is 837. The number of ether oxygens (including phenoxy) is 1. The predicted molar refractivity (Wildman–Crippen MR) is 115 cm³/mol. The second kappa shape index (κ2) is 9.03. The molecule has 2 aliphatic rings. The van der Waals surface area contributed by atoms with E-state index in [4.69, 9.17) is 16.3 Å². The number of nitrogens with one attached hydrogen (secondary N) is 2. The van der Waals surface area contributed by atoms with Crippen LogP contribution < -0.4 is 20.5 Å². The average Bonchev–Trinajstić information content (AvgIpc) is 3.25. The Labute approximate surface area is 176 Å². The smallest absolute Gasteiger partial charge is 0.241 e. The van der Waals surface area contributed by atoms with Crippen molar-refractivity contribution >= 4 is 23.2 Å². The molecule has 0 radical (unpaired) electrons. The van der Waals surface area contributed by atoms with E-state index in [0.29, 0.717) is 19.7 Å². The van der Waals surface area contributed by atoms with Gasteiger partial charge >= 0.3 is 0 Å². The number of para-hydroxylation sites is 1. The lowest BCUT2D eigenvalue weighted by Gasteiger charge is -2.37. The number of benzene rings is 2. The summed E-state index contributed by atoms with van der Waals surface area (Å²) in [7, 11) is 0. The van der Waals surface area contributed by atoms with Crippen molar-refractivity contribution in [2.45, 2.75) is 25.4 Å². The standard InChI is InChI=1S/C22H27ClN4O2/c1-2-29-17-9-7-16(8-10-17)19-15-20(25-24-19)22(28)27-13-11-26(12-14-27)21-6-4-3-5-18(21)23/h3-10,19-20,24-25H,2,11-15H2,1H3. The van der Waals surface area contributed by atoms with E-state index in [-0.39, 0.29) is 18.0 Å². The van der Waals surface area contributed by atoms with Gasteiger partial charge in [-0.05, 0) is 43.2 Å². The first-order chi connectivity index (χ1) is 14.2. The SMILES string of the molecule is CCOc1ccc(C2CC(C(=O)N3CCN(c4ccccc4Cl)CC3)NN2)cc1. The van der Waals surface area contributed by atoms with Gasteiger partial charge in [0.25, 0.3) is 0 Å². The van der Waals surface area contributed by atoms with Crippen LogP contribution in [0.3, 0.4) is 0 Å². The molecule has 2 heterocycles. The number of rotatable bonds is 5. The minimum Gasteiger partial charge on any atom is -0.494 e. The highest BCUT2D eigenvalue weighted by molar-refractivity contribution is 6.33. The quantitative estimate of drug-likeness (QED) is 0.787. The summed E-state index contributed by atoms with van der Waals surface area (Å²) < 4.78 is 5.50. The minimum atomic E-state index is -0.210. The molecule has 2 fully saturated rings. The normalized spacial score (nSPS) is 22.0. The molecular formula is C22H27ClN4O2. The van der Waals surface area contributed by atoms with Crippen molar-refractivity contribution in [2.75, 3.05) is 37.7 Å². The maximum atomic E-state index is 13.0. The zero-order chi connectivity index (χ0) is 20.2. The molecular weight excluding hydrogens is 388 g/mol. The maximum absolute atomic E-state index is 13.0. The lowest BCUT2D eigenvalue weighted by molar-refractivity contribution is -0.133. The van der Waals surface area contributed by atoms with Crippen LogP contribution in [0.25, 0.3) is 0 Å². The molecule has 0 spiro atoms. The first-order valence-corrected chi connectivity index (χ1v) is 10.6. The van der Waals surface area contributed by atoms with Crippen LogP contribution in [0.4, 0.5) is 5.69 Å². The van der Waals surface area contributed by atoms with E-state index < -0.39 is 0 Å². The Balaban J connectivity index is 1.31. The van der Waals surface area contributed by atoms with Gasteiger partial charge in [0.05, 0.1) is 17.3 Å². The first-order valence-electron chi connectivity index (χ1n) is 10.2. The highest BCUT2D eigenvalue weighted by Crippen LogP contribution is 2.28. The zero-order valence-electron chi connectivity index (χ0n) is 16.6. The Kier molecular flexibility index (Phi) is 6.23. The second-order valence-corrected chi connectivity index (χ2v) is 7.80. The topological polar surface area (TPSA) is 56.8 Å². The number of amides is 1. The van der Waals surface area contributed by atoms with Gasteiger partial charge in [0.15, 0.2) is 0 Å². The first kappa shape index (κ1) is 20.0. The summed E-state index contributed by atoms with van der Waals surface area (Å²) in [6.45, 7) is 5.62. The van der Waals surface area contributed by atoms with Gasteiger partial charge in [0.1, 0.15) is 11.8 Å². The highest BCUT2D eigenvalue weighted by Gasteiger charge is 2.34. The molecule has 2 aliphatic heterocycles.